The molecule has 2 heterocycles. The van der Waals surface area contributed by atoms with Gasteiger partial charge in [0.1, 0.15) is 0 Å². The molecule has 1 aliphatic rings. The lowest BCUT2D eigenvalue weighted by Gasteiger charge is -2.21. The van der Waals surface area contributed by atoms with Crippen molar-refractivity contribution in [2.45, 2.75) is 31.5 Å². The fraction of sp³-hybridized carbons (Fsp3) is 0.600. The Morgan fingerprint density at radius 3 is 2.76 bits per heavy atom. The zero-order chi connectivity index (χ0) is 12.7. The van der Waals surface area contributed by atoms with Gasteiger partial charge in [0.15, 0.2) is 10.8 Å². The van der Waals surface area contributed by atoms with Crippen molar-refractivity contribution >= 4 is 17.1 Å². The quantitative estimate of drug-likeness (QED) is 0.834. The molecule has 1 saturated heterocycles. The number of carbonyl (C=O) groups is 1. The van der Waals surface area contributed by atoms with E-state index in [1.54, 1.807) is 6.92 Å². The van der Waals surface area contributed by atoms with Gasteiger partial charge in [0.25, 0.3) is 0 Å². The summed E-state index contributed by atoms with van der Waals surface area (Å²) in [4.78, 5) is 15.4. The summed E-state index contributed by atoms with van der Waals surface area (Å²) >= 11 is 0.408. The molecule has 1 atom stereocenters. The number of Topliss-reactive ketones (excluding diaryl/α,β-unsaturated/α-hetero) is 1. The largest absolute Gasteiger partial charge is 0.443 e. The van der Waals surface area contributed by atoms with Crippen LogP contribution in [0, 0.1) is 0 Å². The average molecular weight is 264 g/mol. The zero-order valence-electron chi connectivity index (χ0n) is 9.10. The Morgan fingerprint density at radius 1 is 1.59 bits per heavy atom. The molecule has 0 aliphatic carbocycles. The summed E-state index contributed by atoms with van der Waals surface area (Å²) in [7, 11) is 0. The van der Waals surface area contributed by atoms with Crippen LogP contribution in [0.15, 0.2) is 6.20 Å². The van der Waals surface area contributed by atoms with Crippen LogP contribution in [0.2, 0.25) is 0 Å². The second kappa shape index (κ2) is 4.06. The molecule has 1 aromatic heterocycles. The van der Waals surface area contributed by atoms with Gasteiger partial charge in [-0.05, 0) is 26.3 Å². The molecule has 2 rings (SSSR count). The molecule has 1 N–H and O–H groups in total. The van der Waals surface area contributed by atoms with Gasteiger partial charge in [-0.3, -0.25) is 4.79 Å². The smallest absolute Gasteiger partial charge is 0.305 e. The minimum atomic E-state index is -4.48. The van der Waals surface area contributed by atoms with E-state index in [1.165, 1.54) is 0 Å². The Morgan fingerprint density at radius 2 is 2.29 bits per heavy atom. The Labute approximate surface area is 100 Å². The van der Waals surface area contributed by atoms with E-state index in [2.05, 4.69) is 10.3 Å². The summed E-state index contributed by atoms with van der Waals surface area (Å²) < 4.78 is 37.1. The zero-order valence-corrected chi connectivity index (χ0v) is 9.91. The number of hydrogen-bond acceptors (Lipinski definition) is 4. The third-order valence-corrected chi connectivity index (χ3v) is 3.88. The van der Waals surface area contributed by atoms with E-state index in [9.17, 15) is 18.0 Å². The van der Waals surface area contributed by atoms with Gasteiger partial charge in [0.05, 0.1) is 10.4 Å². The van der Waals surface area contributed by atoms with Gasteiger partial charge >= 0.3 is 6.18 Å². The van der Waals surface area contributed by atoms with Gasteiger partial charge in [0, 0.05) is 6.20 Å². The van der Waals surface area contributed by atoms with Crippen LogP contribution in [0.1, 0.15) is 34.4 Å². The molecule has 7 heteroatoms. The fourth-order valence-electron chi connectivity index (χ4n) is 1.87. The molecule has 1 unspecified atom stereocenters. The number of halogens is 3. The van der Waals surface area contributed by atoms with Crippen molar-refractivity contribution in [1.29, 1.82) is 0 Å². The lowest BCUT2D eigenvalue weighted by atomic mass is 9.94. The number of hydrogen-bond donors (Lipinski definition) is 1. The van der Waals surface area contributed by atoms with Crippen molar-refractivity contribution in [1.82, 2.24) is 10.3 Å². The maximum Gasteiger partial charge on any atom is 0.443 e. The Kier molecular flexibility index (Phi) is 2.99. The fourth-order valence-corrected chi connectivity index (χ4v) is 2.72. The van der Waals surface area contributed by atoms with E-state index >= 15 is 0 Å². The number of alkyl halides is 3. The first-order valence-electron chi connectivity index (χ1n) is 5.16. The SMILES string of the molecule is CC1(C(=O)c2cnc(C(F)(F)F)s2)CCCN1. The number of nitrogens with zero attached hydrogens (tertiary/aromatic N) is 1. The molecule has 1 aliphatic heterocycles. The van der Waals surface area contributed by atoms with Gasteiger partial charge in [-0.15, -0.1) is 11.3 Å². The van der Waals surface area contributed by atoms with Gasteiger partial charge in [-0.2, -0.15) is 13.2 Å². The van der Waals surface area contributed by atoms with Crippen LogP contribution in [0.25, 0.3) is 0 Å². The minimum Gasteiger partial charge on any atom is -0.305 e. The number of ketones is 1. The van der Waals surface area contributed by atoms with Crippen molar-refractivity contribution < 1.29 is 18.0 Å². The number of carbonyl (C=O) groups excluding carboxylic acids is 1. The topological polar surface area (TPSA) is 42.0 Å². The summed E-state index contributed by atoms with van der Waals surface area (Å²) in [5, 5.41) is 2.06. The molecule has 0 saturated carbocycles. The Balaban J connectivity index is 2.23. The van der Waals surface area contributed by atoms with Crippen LogP contribution in [0.4, 0.5) is 13.2 Å². The predicted octanol–water partition coefficient (Wildman–Crippen LogP) is 2.49. The van der Waals surface area contributed by atoms with Gasteiger partial charge in [-0.1, -0.05) is 0 Å². The predicted molar refractivity (Wildman–Crippen MR) is 57.1 cm³/mol. The first-order chi connectivity index (χ1) is 7.83. The highest BCUT2D eigenvalue weighted by molar-refractivity contribution is 7.13. The van der Waals surface area contributed by atoms with E-state index in [0.29, 0.717) is 24.3 Å². The first-order valence-corrected chi connectivity index (χ1v) is 5.97. The highest BCUT2D eigenvalue weighted by Crippen LogP contribution is 2.34. The van der Waals surface area contributed by atoms with Crippen molar-refractivity contribution in [3.05, 3.63) is 16.1 Å². The second-order valence-corrected chi connectivity index (χ2v) is 5.25. The second-order valence-electron chi connectivity index (χ2n) is 4.22. The van der Waals surface area contributed by atoms with E-state index in [-0.39, 0.29) is 10.7 Å². The number of rotatable bonds is 2. The molecule has 0 aromatic carbocycles. The van der Waals surface area contributed by atoms with E-state index < -0.39 is 16.7 Å². The van der Waals surface area contributed by atoms with Crippen molar-refractivity contribution in [3.63, 3.8) is 0 Å². The molecule has 0 spiro atoms. The molecular formula is C10H11F3N2OS. The molecule has 0 radical (unpaired) electrons. The van der Waals surface area contributed by atoms with Crippen LogP contribution < -0.4 is 5.32 Å². The van der Waals surface area contributed by atoms with Crippen molar-refractivity contribution in [2.75, 3.05) is 6.54 Å². The van der Waals surface area contributed by atoms with E-state index in [0.717, 1.165) is 12.6 Å². The highest BCUT2D eigenvalue weighted by Gasteiger charge is 2.40. The lowest BCUT2D eigenvalue weighted by molar-refractivity contribution is -0.137. The first kappa shape index (κ1) is 12.5. The summed E-state index contributed by atoms with van der Waals surface area (Å²) in [6.45, 7) is 2.43. The average Bonchev–Trinajstić information content (AvgIpc) is 2.84. The van der Waals surface area contributed by atoms with E-state index in [1.807, 2.05) is 0 Å². The molecule has 17 heavy (non-hydrogen) atoms. The summed E-state index contributed by atoms with van der Waals surface area (Å²) in [6, 6.07) is 0. The van der Waals surface area contributed by atoms with Crippen LogP contribution in [0.3, 0.4) is 0 Å². The van der Waals surface area contributed by atoms with Gasteiger partial charge in [0.2, 0.25) is 0 Å². The molecule has 0 amide bonds. The number of nitrogens with one attached hydrogen (secondary N) is 1. The highest BCUT2D eigenvalue weighted by atomic mass is 32.1. The van der Waals surface area contributed by atoms with Crippen molar-refractivity contribution in [3.8, 4) is 0 Å². The maximum atomic E-state index is 12.4. The summed E-state index contributed by atoms with van der Waals surface area (Å²) in [5.41, 5.74) is -0.741. The minimum absolute atomic E-state index is 0.0641. The standard InChI is InChI=1S/C10H11F3N2OS/c1-9(3-2-4-15-9)7(16)6-5-14-8(17-6)10(11,12)13/h5,15H,2-4H2,1H3. The third kappa shape index (κ3) is 2.35. The monoisotopic (exact) mass is 264 g/mol. The number of thiazole rings is 1. The number of aromatic nitrogens is 1. The normalized spacial score (nSPS) is 25.2. The Hall–Kier alpha value is -0.950. The Bertz CT molecular complexity index is 435. The van der Waals surface area contributed by atoms with Crippen LogP contribution in [-0.2, 0) is 6.18 Å². The molecule has 94 valence electrons. The van der Waals surface area contributed by atoms with Gasteiger partial charge < -0.3 is 5.32 Å². The van der Waals surface area contributed by atoms with Crippen LogP contribution in [0.5, 0.6) is 0 Å². The molecule has 1 fully saturated rings. The van der Waals surface area contributed by atoms with Crippen LogP contribution in [-0.4, -0.2) is 22.9 Å². The van der Waals surface area contributed by atoms with Crippen molar-refractivity contribution in [2.24, 2.45) is 0 Å². The lowest BCUT2D eigenvalue weighted by Crippen LogP contribution is -2.44. The third-order valence-electron chi connectivity index (χ3n) is 2.84. The summed E-state index contributed by atoms with van der Waals surface area (Å²) in [5.74, 6) is -0.303. The van der Waals surface area contributed by atoms with Crippen LogP contribution >= 0.6 is 11.3 Å². The summed E-state index contributed by atoms with van der Waals surface area (Å²) in [6.07, 6.45) is -1.97. The maximum absolute atomic E-state index is 12.4. The van der Waals surface area contributed by atoms with E-state index in [4.69, 9.17) is 0 Å². The molecule has 1 aromatic rings. The molecule has 3 nitrogen and oxygen atoms in total. The molecular weight excluding hydrogens is 253 g/mol. The molecule has 0 bridgehead atoms. The van der Waals surface area contributed by atoms with Gasteiger partial charge in [-0.25, -0.2) is 4.98 Å².